The molecule has 1 amide bonds. The van der Waals surface area contributed by atoms with Crippen LogP contribution in [0.4, 0.5) is 5.69 Å². The Morgan fingerprint density at radius 2 is 1.88 bits per heavy atom. The Hall–Kier alpha value is -4.33. The average Bonchev–Trinajstić information content (AvgIpc) is 3.42. The Labute approximate surface area is 183 Å². The number of carboxylic acid groups (broad SMARTS) is 1. The van der Waals surface area contributed by atoms with Crippen molar-refractivity contribution in [3.8, 4) is 17.1 Å². The fourth-order valence-electron chi connectivity index (χ4n) is 3.62. The minimum atomic E-state index is -1.12. The van der Waals surface area contributed by atoms with Crippen LogP contribution in [0.1, 0.15) is 38.0 Å². The van der Waals surface area contributed by atoms with Crippen molar-refractivity contribution in [2.45, 2.75) is 13.8 Å². The van der Waals surface area contributed by atoms with Gasteiger partial charge in [0.15, 0.2) is 0 Å². The molecule has 0 fully saturated rings. The number of benzene rings is 2. The van der Waals surface area contributed by atoms with Gasteiger partial charge in [0.05, 0.1) is 30.0 Å². The van der Waals surface area contributed by atoms with Crippen LogP contribution in [0.3, 0.4) is 0 Å². The fourth-order valence-corrected chi connectivity index (χ4v) is 3.62. The molecule has 2 aromatic carbocycles. The molecule has 2 heterocycles. The van der Waals surface area contributed by atoms with Crippen LogP contribution >= 0.6 is 0 Å². The monoisotopic (exact) mass is 432 g/mol. The molecule has 4 rings (SSSR count). The molecular formula is C24H20N2O6. The van der Waals surface area contributed by atoms with Crippen LogP contribution in [0.15, 0.2) is 59.3 Å². The second kappa shape index (κ2) is 8.07. The number of fused-ring (bicyclic) bond motifs is 1. The summed E-state index contributed by atoms with van der Waals surface area (Å²) in [5.74, 6) is -0.843. The Balaban J connectivity index is 1.82. The molecule has 0 saturated carbocycles. The average molecular weight is 432 g/mol. The van der Waals surface area contributed by atoms with Crippen molar-refractivity contribution in [1.82, 2.24) is 4.57 Å². The zero-order valence-corrected chi connectivity index (χ0v) is 17.6. The lowest BCUT2D eigenvalue weighted by Crippen LogP contribution is -2.14. The summed E-state index contributed by atoms with van der Waals surface area (Å²) >= 11 is 0. The number of rotatable bonds is 5. The number of aromatic nitrogens is 1. The van der Waals surface area contributed by atoms with Gasteiger partial charge in [-0.05, 0) is 55.0 Å². The van der Waals surface area contributed by atoms with Crippen LogP contribution in [0.5, 0.6) is 5.75 Å². The van der Waals surface area contributed by atoms with E-state index in [-0.39, 0.29) is 17.0 Å². The quantitative estimate of drug-likeness (QED) is 0.467. The van der Waals surface area contributed by atoms with Gasteiger partial charge in [0, 0.05) is 29.8 Å². The first-order valence-electron chi connectivity index (χ1n) is 9.73. The summed E-state index contributed by atoms with van der Waals surface area (Å²) in [6.45, 7) is 3.02. The first-order valence-corrected chi connectivity index (χ1v) is 9.73. The van der Waals surface area contributed by atoms with Gasteiger partial charge in [-0.1, -0.05) is 0 Å². The lowest BCUT2D eigenvalue weighted by Gasteiger charge is -2.13. The molecule has 2 aromatic heterocycles. The number of methoxy groups -OCH3 is 1. The molecule has 4 aromatic rings. The highest BCUT2D eigenvalue weighted by atomic mass is 16.5. The Bertz CT molecular complexity index is 1370. The van der Waals surface area contributed by atoms with E-state index in [0.29, 0.717) is 39.2 Å². The summed E-state index contributed by atoms with van der Waals surface area (Å²) in [7, 11) is 1.51. The molecule has 0 bridgehead atoms. The largest absolute Gasteiger partial charge is 0.497 e. The molecule has 8 nitrogen and oxygen atoms in total. The molecule has 0 spiro atoms. The van der Waals surface area contributed by atoms with E-state index in [2.05, 4.69) is 5.32 Å². The molecule has 2 N–H and O–H groups in total. The maximum atomic E-state index is 13.2. The number of carbonyl (C=O) groups is 3. The maximum absolute atomic E-state index is 13.2. The normalized spacial score (nSPS) is 10.8. The predicted molar refractivity (Wildman–Crippen MR) is 119 cm³/mol. The van der Waals surface area contributed by atoms with Crippen molar-refractivity contribution < 1.29 is 28.6 Å². The number of aromatic carboxylic acids is 1. The number of carbonyl (C=O) groups excluding carboxylic acids is 2. The first kappa shape index (κ1) is 20.9. The molecule has 0 radical (unpaired) electrons. The third kappa shape index (κ3) is 3.62. The van der Waals surface area contributed by atoms with Gasteiger partial charge in [-0.3, -0.25) is 14.2 Å². The lowest BCUT2D eigenvalue weighted by atomic mass is 10.0. The number of nitrogens with one attached hydrogen (secondary N) is 1. The van der Waals surface area contributed by atoms with Gasteiger partial charge in [-0.15, -0.1) is 0 Å². The third-order valence-corrected chi connectivity index (χ3v) is 5.29. The van der Waals surface area contributed by atoms with Gasteiger partial charge in [0.25, 0.3) is 5.91 Å². The molecule has 0 aliphatic carbocycles. The highest BCUT2D eigenvalue weighted by Crippen LogP contribution is 2.31. The lowest BCUT2D eigenvalue weighted by molar-refractivity contribution is 0.0695. The van der Waals surface area contributed by atoms with Crippen molar-refractivity contribution in [1.29, 1.82) is 0 Å². The van der Waals surface area contributed by atoms with Crippen LogP contribution in [0, 0.1) is 6.92 Å². The van der Waals surface area contributed by atoms with Crippen molar-refractivity contribution in [3.63, 3.8) is 0 Å². The Morgan fingerprint density at radius 1 is 1.09 bits per heavy atom. The SMILES string of the molecule is COc1ccc2c(c1)c(C(=O)Nc1cc(-c3ccco3)cc(C(=O)O)c1C)cn2C(C)=O. The van der Waals surface area contributed by atoms with E-state index in [9.17, 15) is 19.5 Å². The molecule has 0 aliphatic rings. The number of carboxylic acids is 1. The number of hydrogen-bond acceptors (Lipinski definition) is 5. The zero-order valence-electron chi connectivity index (χ0n) is 17.6. The second-order valence-electron chi connectivity index (χ2n) is 7.25. The molecule has 32 heavy (non-hydrogen) atoms. The fraction of sp³-hybridized carbons (Fsp3) is 0.125. The highest BCUT2D eigenvalue weighted by Gasteiger charge is 2.21. The summed E-state index contributed by atoms with van der Waals surface area (Å²) in [6.07, 6.45) is 2.95. The van der Waals surface area contributed by atoms with E-state index in [1.807, 2.05) is 0 Å². The summed E-state index contributed by atoms with van der Waals surface area (Å²) in [5, 5.41) is 13.0. The molecule has 0 atom stereocenters. The van der Waals surface area contributed by atoms with E-state index < -0.39 is 11.9 Å². The summed E-state index contributed by atoms with van der Waals surface area (Å²) in [5.41, 5.74) is 2.11. The topological polar surface area (TPSA) is 111 Å². The van der Waals surface area contributed by atoms with Gasteiger partial charge in [-0.25, -0.2) is 4.79 Å². The van der Waals surface area contributed by atoms with Gasteiger partial charge in [0.1, 0.15) is 11.5 Å². The highest BCUT2D eigenvalue weighted by molar-refractivity contribution is 6.15. The number of hydrogen-bond donors (Lipinski definition) is 2. The minimum Gasteiger partial charge on any atom is -0.497 e. The second-order valence-corrected chi connectivity index (χ2v) is 7.25. The van der Waals surface area contributed by atoms with E-state index in [1.54, 1.807) is 43.3 Å². The third-order valence-electron chi connectivity index (χ3n) is 5.29. The van der Waals surface area contributed by atoms with Crippen molar-refractivity contribution in [2.75, 3.05) is 12.4 Å². The molecular weight excluding hydrogens is 412 g/mol. The minimum absolute atomic E-state index is 0.0435. The first-order chi connectivity index (χ1) is 15.3. The molecule has 0 unspecified atom stereocenters. The Morgan fingerprint density at radius 3 is 2.50 bits per heavy atom. The van der Waals surface area contributed by atoms with Crippen LogP contribution in [-0.2, 0) is 0 Å². The number of ether oxygens (including phenoxy) is 1. The molecule has 8 heteroatoms. The summed E-state index contributed by atoms with van der Waals surface area (Å²) in [4.78, 5) is 37.1. The van der Waals surface area contributed by atoms with Gasteiger partial charge in [-0.2, -0.15) is 0 Å². The van der Waals surface area contributed by atoms with Crippen molar-refractivity contribution >= 4 is 34.4 Å². The van der Waals surface area contributed by atoms with E-state index in [4.69, 9.17) is 9.15 Å². The molecule has 0 saturated heterocycles. The van der Waals surface area contributed by atoms with Gasteiger partial charge >= 0.3 is 5.97 Å². The summed E-state index contributed by atoms with van der Waals surface area (Å²) < 4.78 is 12.0. The van der Waals surface area contributed by atoms with Crippen LogP contribution in [0.2, 0.25) is 0 Å². The number of furan rings is 1. The Kier molecular flexibility index (Phi) is 5.28. The van der Waals surface area contributed by atoms with Crippen molar-refractivity contribution in [3.05, 3.63) is 71.6 Å². The number of amides is 1. The zero-order chi connectivity index (χ0) is 23.0. The van der Waals surface area contributed by atoms with E-state index in [0.717, 1.165) is 0 Å². The summed E-state index contributed by atoms with van der Waals surface area (Å²) in [6, 6.07) is 11.6. The molecule has 162 valence electrons. The van der Waals surface area contributed by atoms with Gasteiger partial charge < -0.3 is 19.6 Å². The molecule has 0 aliphatic heterocycles. The number of anilines is 1. The van der Waals surface area contributed by atoms with Crippen LogP contribution in [-0.4, -0.2) is 34.6 Å². The number of nitrogens with zero attached hydrogens (tertiary/aromatic N) is 1. The maximum Gasteiger partial charge on any atom is 0.336 e. The van der Waals surface area contributed by atoms with E-state index >= 15 is 0 Å². The van der Waals surface area contributed by atoms with Crippen molar-refractivity contribution in [2.24, 2.45) is 0 Å². The smallest absolute Gasteiger partial charge is 0.336 e. The van der Waals surface area contributed by atoms with Crippen LogP contribution < -0.4 is 10.1 Å². The van der Waals surface area contributed by atoms with Gasteiger partial charge in [0.2, 0.25) is 5.91 Å². The van der Waals surface area contributed by atoms with E-state index in [1.165, 1.54) is 37.1 Å². The van der Waals surface area contributed by atoms with Crippen LogP contribution in [0.25, 0.3) is 22.2 Å². The predicted octanol–water partition coefficient (Wildman–Crippen LogP) is 4.83. The standard InChI is InChI=1S/C24H20N2O6/c1-13-17(24(29)30)9-15(22-5-4-8-32-22)10-20(13)25-23(28)19-12-26(14(2)27)21-7-6-16(31-3)11-18(19)21/h4-12H,1-3H3,(H,25,28)(H,29,30).